The fourth-order valence-corrected chi connectivity index (χ4v) is 3.11. The van der Waals surface area contributed by atoms with Gasteiger partial charge in [-0.15, -0.1) is 0 Å². The van der Waals surface area contributed by atoms with Crippen molar-refractivity contribution in [3.8, 4) is 0 Å². The normalized spacial score (nSPS) is 23.1. The van der Waals surface area contributed by atoms with E-state index in [1.807, 2.05) is 25.1 Å². The Hall–Kier alpha value is -0.620. The van der Waals surface area contributed by atoms with E-state index in [0.29, 0.717) is 12.5 Å². The highest BCUT2D eigenvalue weighted by Crippen LogP contribution is 2.32. The molecule has 4 heteroatoms. The van der Waals surface area contributed by atoms with Crippen LogP contribution in [-0.2, 0) is 4.79 Å². The highest BCUT2D eigenvalue weighted by Gasteiger charge is 2.31. The van der Waals surface area contributed by atoms with Crippen LogP contribution in [0.2, 0.25) is 0 Å². The summed E-state index contributed by atoms with van der Waals surface area (Å²) in [4.78, 5) is 12.3. The molecule has 1 aromatic carbocycles. The second-order valence-corrected chi connectivity index (χ2v) is 6.23. The molecule has 0 aromatic heterocycles. The zero-order valence-corrected chi connectivity index (χ0v) is 12.7. The monoisotopic (exact) mass is 358 g/mol. The van der Waals surface area contributed by atoms with E-state index >= 15 is 0 Å². The number of carbonyl (C=O) groups is 1. The molecule has 3 nitrogen and oxygen atoms in total. The number of carbonyl (C=O) groups excluding carboxylic acids is 1. The zero-order valence-electron chi connectivity index (χ0n) is 10.6. The number of halogens is 1. The van der Waals surface area contributed by atoms with Crippen LogP contribution in [0.1, 0.15) is 24.8 Å². The minimum Gasteiger partial charge on any atom is -0.330 e. The van der Waals surface area contributed by atoms with Gasteiger partial charge in [-0.25, -0.2) is 0 Å². The van der Waals surface area contributed by atoms with Crippen molar-refractivity contribution in [1.29, 1.82) is 0 Å². The minimum atomic E-state index is 0.0901. The molecular formula is C14H19IN2O. The van der Waals surface area contributed by atoms with Gasteiger partial charge in [-0.05, 0) is 72.5 Å². The summed E-state index contributed by atoms with van der Waals surface area (Å²) in [7, 11) is 0. The summed E-state index contributed by atoms with van der Waals surface area (Å²) in [5.74, 6) is 0.577. The molecule has 0 heterocycles. The molecule has 0 bridgehead atoms. The lowest BCUT2D eigenvalue weighted by molar-refractivity contribution is -0.120. The van der Waals surface area contributed by atoms with Gasteiger partial charge in [-0.2, -0.15) is 0 Å². The number of hydrogen-bond donors (Lipinski definition) is 2. The zero-order chi connectivity index (χ0) is 13.1. The van der Waals surface area contributed by atoms with Crippen molar-refractivity contribution in [3.05, 3.63) is 27.3 Å². The van der Waals surface area contributed by atoms with E-state index < -0.39 is 0 Å². The Morgan fingerprint density at radius 3 is 3.00 bits per heavy atom. The average Bonchev–Trinajstić information content (AvgIpc) is 2.82. The van der Waals surface area contributed by atoms with Crippen molar-refractivity contribution in [1.82, 2.24) is 0 Å². The van der Waals surface area contributed by atoms with Gasteiger partial charge in [0.25, 0.3) is 0 Å². The Labute approximate surface area is 122 Å². The van der Waals surface area contributed by atoms with E-state index in [9.17, 15) is 4.79 Å². The summed E-state index contributed by atoms with van der Waals surface area (Å²) in [5, 5.41) is 3.06. The maximum Gasteiger partial charge on any atom is 0.227 e. The van der Waals surface area contributed by atoms with Crippen molar-refractivity contribution in [2.24, 2.45) is 17.6 Å². The molecule has 1 aliphatic rings. The number of rotatable bonds is 3. The van der Waals surface area contributed by atoms with Crippen molar-refractivity contribution < 1.29 is 4.79 Å². The van der Waals surface area contributed by atoms with Crippen LogP contribution in [0.25, 0.3) is 0 Å². The smallest absolute Gasteiger partial charge is 0.227 e. The molecule has 1 aliphatic carbocycles. The molecule has 1 saturated carbocycles. The van der Waals surface area contributed by atoms with Crippen molar-refractivity contribution in [2.75, 3.05) is 11.9 Å². The highest BCUT2D eigenvalue weighted by atomic mass is 127. The summed E-state index contributed by atoms with van der Waals surface area (Å²) < 4.78 is 1.13. The topological polar surface area (TPSA) is 55.1 Å². The summed E-state index contributed by atoms with van der Waals surface area (Å²) in [6, 6.07) is 6.09. The second kappa shape index (κ2) is 6.02. The van der Waals surface area contributed by atoms with E-state index in [1.54, 1.807) is 0 Å². The van der Waals surface area contributed by atoms with Crippen LogP contribution >= 0.6 is 22.6 Å². The van der Waals surface area contributed by atoms with Gasteiger partial charge in [0.2, 0.25) is 5.91 Å². The van der Waals surface area contributed by atoms with E-state index in [-0.39, 0.29) is 11.8 Å². The molecule has 1 aromatic rings. The fourth-order valence-electron chi connectivity index (χ4n) is 2.62. The lowest BCUT2D eigenvalue weighted by Crippen LogP contribution is -2.30. The van der Waals surface area contributed by atoms with Crippen LogP contribution in [0, 0.1) is 22.3 Å². The van der Waals surface area contributed by atoms with Crippen molar-refractivity contribution in [2.45, 2.75) is 26.2 Å². The van der Waals surface area contributed by atoms with Crippen molar-refractivity contribution >= 4 is 34.2 Å². The van der Waals surface area contributed by atoms with Crippen LogP contribution in [0.5, 0.6) is 0 Å². The number of benzene rings is 1. The van der Waals surface area contributed by atoms with Gasteiger partial charge < -0.3 is 11.1 Å². The number of nitrogens with one attached hydrogen (secondary N) is 1. The van der Waals surface area contributed by atoms with Gasteiger partial charge in [0.15, 0.2) is 0 Å². The predicted octanol–water partition coefficient (Wildman–Crippen LogP) is 2.91. The molecule has 1 fully saturated rings. The SMILES string of the molecule is Cc1ccc(I)cc1NC(=O)C1CCCC1CN. The first kappa shape index (κ1) is 13.8. The van der Waals surface area contributed by atoms with E-state index in [2.05, 4.69) is 27.9 Å². The van der Waals surface area contributed by atoms with Gasteiger partial charge >= 0.3 is 0 Å². The maximum atomic E-state index is 12.3. The van der Waals surface area contributed by atoms with E-state index in [0.717, 1.165) is 34.1 Å². The van der Waals surface area contributed by atoms with Crippen LogP contribution in [-0.4, -0.2) is 12.5 Å². The van der Waals surface area contributed by atoms with Crippen LogP contribution in [0.3, 0.4) is 0 Å². The molecule has 98 valence electrons. The Kier molecular flexibility index (Phi) is 4.61. The molecule has 0 aliphatic heterocycles. The fraction of sp³-hybridized carbons (Fsp3) is 0.500. The molecule has 2 atom stereocenters. The average molecular weight is 358 g/mol. The number of aryl methyl sites for hydroxylation is 1. The molecule has 0 spiro atoms. The largest absolute Gasteiger partial charge is 0.330 e. The Balaban J connectivity index is 2.09. The molecular weight excluding hydrogens is 339 g/mol. The molecule has 2 rings (SSSR count). The molecule has 0 saturated heterocycles. The lowest BCUT2D eigenvalue weighted by Gasteiger charge is -2.18. The third kappa shape index (κ3) is 3.03. The lowest BCUT2D eigenvalue weighted by atomic mass is 9.95. The number of anilines is 1. The van der Waals surface area contributed by atoms with E-state index in [1.165, 1.54) is 0 Å². The van der Waals surface area contributed by atoms with Gasteiger partial charge in [0, 0.05) is 15.2 Å². The van der Waals surface area contributed by atoms with Crippen molar-refractivity contribution in [3.63, 3.8) is 0 Å². The van der Waals surface area contributed by atoms with E-state index in [4.69, 9.17) is 5.73 Å². The molecule has 18 heavy (non-hydrogen) atoms. The first-order valence-corrected chi connectivity index (χ1v) is 7.46. The quantitative estimate of drug-likeness (QED) is 0.817. The summed E-state index contributed by atoms with van der Waals surface area (Å²) >= 11 is 2.26. The molecule has 2 unspecified atom stereocenters. The predicted molar refractivity (Wildman–Crippen MR) is 82.4 cm³/mol. The molecule has 3 N–H and O–H groups in total. The van der Waals surface area contributed by atoms with Crippen LogP contribution in [0.4, 0.5) is 5.69 Å². The molecule has 0 radical (unpaired) electrons. The molecule has 1 amide bonds. The second-order valence-electron chi connectivity index (χ2n) is 4.98. The number of amides is 1. The van der Waals surface area contributed by atoms with Gasteiger partial charge in [-0.1, -0.05) is 12.5 Å². The Morgan fingerprint density at radius 1 is 1.50 bits per heavy atom. The van der Waals surface area contributed by atoms with Gasteiger partial charge in [-0.3, -0.25) is 4.79 Å². The van der Waals surface area contributed by atoms with Crippen LogP contribution in [0.15, 0.2) is 18.2 Å². The standard InChI is InChI=1S/C14H19IN2O/c1-9-5-6-11(15)7-13(9)17-14(18)12-4-2-3-10(12)8-16/h5-7,10,12H,2-4,8,16H2,1H3,(H,17,18). The first-order valence-electron chi connectivity index (χ1n) is 6.39. The van der Waals surface area contributed by atoms with Gasteiger partial charge in [0.1, 0.15) is 0 Å². The summed E-state index contributed by atoms with van der Waals surface area (Å²) in [6.07, 6.45) is 3.17. The Bertz CT molecular complexity index is 447. The Morgan fingerprint density at radius 2 is 2.28 bits per heavy atom. The minimum absolute atomic E-state index is 0.0901. The van der Waals surface area contributed by atoms with Crippen LogP contribution < -0.4 is 11.1 Å². The highest BCUT2D eigenvalue weighted by molar-refractivity contribution is 14.1. The van der Waals surface area contributed by atoms with Gasteiger partial charge in [0.05, 0.1) is 0 Å². The number of nitrogens with two attached hydrogens (primary N) is 1. The summed E-state index contributed by atoms with van der Waals surface area (Å²) in [6.45, 7) is 2.63. The maximum absolute atomic E-state index is 12.3. The third-order valence-electron chi connectivity index (χ3n) is 3.76. The third-order valence-corrected chi connectivity index (χ3v) is 4.43. The first-order chi connectivity index (χ1) is 8.61. The summed E-state index contributed by atoms with van der Waals surface area (Å²) in [5.41, 5.74) is 7.76. The number of hydrogen-bond acceptors (Lipinski definition) is 2.